The van der Waals surface area contributed by atoms with Crippen molar-refractivity contribution in [2.45, 2.75) is 215 Å². The summed E-state index contributed by atoms with van der Waals surface area (Å²) in [4.78, 5) is 147. The molecule has 3 saturated heterocycles. The molecule has 0 saturated carbocycles. The fourth-order valence-corrected chi connectivity index (χ4v) is 10.0. The second-order valence-corrected chi connectivity index (χ2v) is 22.5. The van der Waals surface area contributed by atoms with Crippen molar-refractivity contribution in [1.29, 1.82) is 0 Å². The third-order valence-electron chi connectivity index (χ3n) is 14.6. The number of carbonyl (C=O) groups excluding carboxylic acids is 10. The van der Waals surface area contributed by atoms with E-state index < -0.39 is 150 Å². The first-order valence-electron chi connectivity index (χ1n) is 26.8. The van der Waals surface area contributed by atoms with E-state index in [0.29, 0.717) is 19.3 Å². The minimum Gasteiger partial charge on any atom is -0.458 e. The van der Waals surface area contributed by atoms with Crippen LogP contribution in [-0.4, -0.2) is 183 Å². The molecule has 7 amide bonds. The Kier molecular flexibility index (Phi) is 24.0. The standard InChI is InChI=1S/C53H89N7O14/c1-16-31(10)42-40(62)26-41(63)74-45(30(8)9)44(64)32(11)46(65)54-35(23-27(2)3)50(69)60-22-18-20-37(60)52(71)58(15)39(25-29(6)7)53(72)73-34(13)43(48(67)55-42)56-47(66)38(24-28(4)5)57(14)51(70)36-19-17-21-59(36)49(68)33(12)61/h27-40,42-43,45,61-62H,16-26H2,1-15H3,(H,54,65)(H,55,67)(H,56,66)/t31-,32-,33-,34+,35?,36-,37-,38+,39?,40-,42?,43?,45?/m0/s1. The van der Waals surface area contributed by atoms with Gasteiger partial charge in [-0.3, -0.25) is 43.2 Å². The molecule has 3 rings (SSSR count). The van der Waals surface area contributed by atoms with Gasteiger partial charge in [0.15, 0.2) is 11.9 Å². The van der Waals surface area contributed by atoms with Crippen LogP contribution in [-0.2, 0) is 57.4 Å². The highest BCUT2D eigenvalue weighted by atomic mass is 16.6. The number of hydrogen-bond donors (Lipinski definition) is 5. The predicted octanol–water partition coefficient (Wildman–Crippen LogP) is 2.11. The Morgan fingerprint density at radius 1 is 0.811 bits per heavy atom. The number of amides is 7. The first-order chi connectivity index (χ1) is 34.4. The van der Waals surface area contributed by atoms with E-state index in [-0.39, 0.29) is 62.9 Å². The number of esters is 2. The maximum absolute atomic E-state index is 14.8. The highest BCUT2D eigenvalue weighted by Gasteiger charge is 2.46. The van der Waals surface area contributed by atoms with Crippen molar-refractivity contribution in [1.82, 2.24) is 35.6 Å². The highest BCUT2D eigenvalue weighted by molar-refractivity contribution is 6.05. The van der Waals surface area contributed by atoms with E-state index in [1.807, 2.05) is 41.5 Å². The first-order valence-corrected chi connectivity index (χ1v) is 26.8. The van der Waals surface area contributed by atoms with Crippen LogP contribution < -0.4 is 16.0 Å². The molecule has 3 heterocycles. The lowest BCUT2D eigenvalue weighted by Crippen LogP contribution is -2.62. The summed E-state index contributed by atoms with van der Waals surface area (Å²) in [5.41, 5.74) is 0. The smallest absolute Gasteiger partial charge is 0.329 e. The number of nitrogens with one attached hydrogen (secondary N) is 3. The fourth-order valence-electron chi connectivity index (χ4n) is 10.0. The number of cyclic esters (lactones) is 2. The third-order valence-corrected chi connectivity index (χ3v) is 14.6. The van der Waals surface area contributed by atoms with E-state index in [4.69, 9.17) is 9.47 Å². The Balaban J connectivity index is 2.22. The summed E-state index contributed by atoms with van der Waals surface area (Å²) in [7, 11) is 2.84. The van der Waals surface area contributed by atoms with Crippen molar-refractivity contribution in [2.75, 3.05) is 27.2 Å². The maximum atomic E-state index is 14.8. The third kappa shape index (κ3) is 16.4. The van der Waals surface area contributed by atoms with Crippen molar-refractivity contribution >= 4 is 59.1 Å². The number of hydrogen-bond acceptors (Lipinski definition) is 14. The van der Waals surface area contributed by atoms with Gasteiger partial charge in [-0.1, -0.05) is 75.7 Å². The maximum Gasteiger partial charge on any atom is 0.329 e. The van der Waals surface area contributed by atoms with Gasteiger partial charge in [0.05, 0.1) is 24.5 Å². The van der Waals surface area contributed by atoms with Gasteiger partial charge in [0.25, 0.3) is 5.91 Å². The average molecular weight is 1050 g/mol. The molecule has 74 heavy (non-hydrogen) atoms. The van der Waals surface area contributed by atoms with Crippen LogP contribution in [0.2, 0.25) is 0 Å². The quantitative estimate of drug-likeness (QED) is 0.123. The summed E-state index contributed by atoms with van der Waals surface area (Å²) in [6.07, 6.45) is -4.48. The van der Waals surface area contributed by atoms with Crippen molar-refractivity contribution < 1.29 is 67.6 Å². The molecule has 420 valence electrons. The lowest BCUT2D eigenvalue weighted by atomic mass is 9.91. The number of rotatable bonds is 14. The molecule has 3 aliphatic heterocycles. The number of ether oxygens (including phenoxy) is 2. The summed E-state index contributed by atoms with van der Waals surface area (Å²) in [6.45, 7) is 22.2. The van der Waals surface area contributed by atoms with E-state index in [0.717, 1.165) is 0 Å². The van der Waals surface area contributed by atoms with Crippen LogP contribution in [0.4, 0.5) is 0 Å². The Labute approximate surface area is 438 Å². The molecular formula is C53H89N7O14. The Morgan fingerprint density at radius 3 is 1.97 bits per heavy atom. The SMILES string of the molecule is CC[C@H](C)C1NC(=O)C(NC(=O)[C@@H](CC(C)C)N(C)C(=O)[C@@H]2CCCN2C(=O)[C@H](C)O)[C@@H](C)OC(=O)C(CC(C)C)N(C)C(=O)[C@@H]2CCCN2C(=O)C(CC(C)C)NC(=O)[C@@H](C)C(=O)C(C(C)C)OC(=O)C[C@@H]1O. The molecule has 5 N–H and O–H groups in total. The molecule has 3 fully saturated rings. The van der Waals surface area contributed by atoms with Crippen LogP contribution in [0.1, 0.15) is 148 Å². The van der Waals surface area contributed by atoms with E-state index in [9.17, 15) is 58.2 Å². The molecule has 0 bridgehead atoms. The zero-order valence-corrected chi connectivity index (χ0v) is 46.7. The first kappa shape index (κ1) is 63.1. The Morgan fingerprint density at radius 2 is 1.42 bits per heavy atom. The van der Waals surface area contributed by atoms with Gasteiger partial charge in [0, 0.05) is 27.2 Å². The van der Waals surface area contributed by atoms with Gasteiger partial charge in [0.2, 0.25) is 35.4 Å². The number of likely N-dealkylation sites (tertiary alicyclic amines) is 1. The van der Waals surface area contributed by atoms with Crippen LogP contribution >= 0.6 is 0 Å². The predicted molar refractivity (Wildman–Crippen MR) is 273 cm³/mol. The highest BCUT2D eigenvalue weighted by Crippen LogP contribution is 2.27. The Hall–Kier alpha value is -5.18. The molecule has 21 heteroatoms. The van der Waals surface area contributed by atoms with Crippen LogP contribution in [0, 0.1) is 35.5 Å². The monoisotopic (exact) mass is 1050 g/mol. The van der Waals surface area contributed by atoms with E-state index in [1.54, 1.807) is 27.7 Å². The van der Waals surface area contributed by atoms with Crippen LogP contribution in [0.15, 0.2) is 0 Å². The largest absolute Gasteiger partial charge is 0.458 e. The Bertz CT molecular complexity index is 2010. The zero-order valence-electron chi connectivity index (χ0n) is 46.7. The summed E-state index contributed by atoms with van der Waals surface area (Å²) in [6, 6.07) is -8.55. The molecule has 0 aliphatic carbocycles. The topological polar surface area (TPSA) is 279 Å². The second kappa shape index (κ2) is 28.1. The van der Waals surface area contributed by atoms with E-state index >= 15 is 0 Å². The van der Waals surface area contributed by atoms with Gasteiger partial charge in [-0.25, -0.2) is 4.79 Å². The fraction of sp³-hybridized carbons (Fsp3) is 0.811. The molecule has 5 unspecified atom stereocenters. The molecule has 3 aliphatic rings. The van der Waals surface area contributed by atoms with Gasteiger partial charge >= 0.3 is 11.9 Å². The molecular weight excluding hydrogens is 959 g/mol. The number of nitrogens with zero attached hydrogens (tertiary/aromatic N) is 4. The summed E-state index contributed by atoms with van der Waals surface area (Å²) < 4.78 is 11.8. The lowest BCUT2D eigenvalue weighted by Gasteiger charge is -2.36. The van der Waals surface area contributed by atoms with Crippen LogP contribution in [0.5, 0.6) is 0 Å². The number of aliphatic hydroxyl groups is 2. The van der Waals surface area contributed by atoms with Crippen molar-refractivity contribution in [3.05, 3.63) is 0 Å². The lowest BCUT2D eigenvalue weighted by molar-refractivity contribution is -0.163. The number of Topliss-reactive ketones (excluding diaryl/α,β-unsaturated/α-hetero) is 1. The van der Waals surface area contributed by atoms with Gasteiger partial charge in [-0.05, 0) is 95.3 Å². The van der Waals surface area contributed by atoms with E-state index in [1.165, 1.54) is 54.5 Å². The minimum absolute atomic E-state index is 0.0878. The normalized spacial score (nSPS) is 28.9. The molecule has 0 aromatic heterocycles. The van der Waals surface area contributed by atoms with Gasteiger partial charge in [0.1, 0.15) is 48.5 Å². The summed E-state index contributed by atoms with van der Waals surface area (Å²) in [5, 5.41) is 30.1. The molecule has 0 spiro atoms. The molecule has 0 radical (unpaired) electrons. The van der Waals surface area contributed by atoms with Gasteiger partial charge in [-0.2, -0.15) is 0 Å². The zero-order chi connectivity index (χ0) is 56.2. The van der Waals surface area contributed by atoms with Crippen molar-refractivity contribution in [2.24, 2.45) is 35.5 Å². The second-order valence-electron chi connectivity index (χ2n) is 22.5. The van der Waals surface area contributed by atoms with Gasteiger partial charge in [-0.15, -0.1) is 0 Å². The van der Waals surface area contributed by atoms with Gasteiger partial charge < -0.3 is 55.2 Å². The summed E-state index contributed by atoms with van der Waals surface area (Å²) >= 11 is 0. The average Bonchev–Trinajstić information content (AvgIpc) is 4.03. The minimum atomic E-state index is -1.72. The molecule has 13 atom stereocenters. The molecule has 21 nitrogen and oxygen atoms in total. The van der Waals surface area contributed by atoms with Crippen LogP contribution in [0.3, 0.4) is 0 Å². The van der Waals surface area contributed by atoms with Crippen LogP contribution in [0.25, 0.3) is 0 Å². The number of fused-ring (bicyclic) bond motifs is 1. The number of likely N-dealkylation sites (N-methyl/N-ethyl adjacent to an activating group) is 2. The van der Waals surface area contributed by atoms with E-state index in [2.05, 4.69) is 16.0 Å². The van der Waals surface area contributed by atoms with Crippen molar-refractivity contribution in [3.8, 4) is 0 Å². The number of aliphatic hydroxyl groups excluding tert-OH is 2. The van der Waals surface area contributed by atoms with Crippen molar-refractivity contribution in [3.63, 3.8) is 0 Å². The molecule has 0 aromatic carbocycles. The summed E-state index contributed by atoms with van der Waals surface area (Å²) in [5.74, 6) is -10.6. The number of ketones is 1. The number of carbonyl (C=O) groups is 10. The molecule has 0 aromatic rings.